The van der Waals surface area contributed by atoms with Gasteiger partial charge in [-0.15, -0.1) is 0 Å². The van der Waals surface area contributed by atoms with Gasteiger partial charge in [-0.05, 0) is 42.3 Å². The highest BCUT2D eigenvalue weighted by molar-refractivity contribution is 8.26. The molecule has 0 spiro atoms. The van der Waals surface area contributed by atoms with Gasteiger partial charge in [0.15, 0.2) is 11.5 Å². The molecule has 3 N–H and O–H groups in total. The fraction of sp³-hybridized carbons (Fsp3) is 0.217. The van der Waals surface area contributed by atoms with Crippen LogP contribution in [0.25, 0.3) is 6.08 Å². The Balaban J connectivity index is 1.51. The van der Waals surface area contributed by atoms with Gasteiger partial charge in [0.1, 0.15) is 10.1 Å². The first-order valence-electron chi connectivity index (χ1n) is 10.2. The van der Waals surface area contributed by atoms with Crippen molar-refractivity contribution in [3.8, 4) is 17.2 Å². The number of hydrogen-bond acceptors (Lipinski definition) is 8. The second-order valence-corrected chi connectivity index (χ2v) is 8.75. The quantitative estimate of drug-likeness (QED) is 0.287. The average molecular weight is 502 g/mol. The van der Waals surface area contributed by atoms with Crippen LogP contribution in [0.1, 0.15) is 28.8 Å². The van der Waals surface area contributed by atoms with Gasteiger partial charge in [-0.25, -0.2) is 0 Å². The van der Waals surface area contributed by atoms with Crippen molar-refractivity contribution in [1.29, 1.82) is 0 Å². The molecule has 1 aliphatic heterocycles. The number of thioether (sulfide) groups is 1. The van der Waals surface area contributed by atoms with E-state index in [1.54, 1.807) is 37.5 Å². The van der Waals surface area contributed by atoms with E-state index in [-0.39, 0.29) is 30.2 Å². The number of thiocarbonyl (C=S) groups is 1. The summed E-state index contributed by atoms with van der Waals surface area (Å²) in [6.45, 7) is 0.259. The fourth-order valence-corrected chi connectivity index (χ4v) is 4.41. The van der Waals surface area contributed by atoms with Crippen LogP contribution in [0.4, 0.5) is 0 Å². The van der Waals surface area contributed by atoms with E-state index in [2.05, 4.69) is 10.9 Å². The molecule has 3 amide bonds. The average Bonchev–Trinajstić information content (AvgIpc) is 3.10. The van der Waals surface area contributed by atoms with E-state index in [4.69, 9.17) is 21.7 Å². The maximum atomic E-state index is 12.8. The van der Waals surface area contributed by atoms with Crippen molar-refractivity contribution in [2.75, 3.05) is 20.8 Å². The number of phenolic OH excluding ortho intramolecular Hbond substituents is 1. The number of carbonyl (C=O) groups is 3. The standard InChI is InChI=1S/C23H23N3O6S2/c1-31-17-10-9-14(12-18(17)32-2)13-19-22(30)26(23(33)34-19)11-5-8-20(28)24-25-21(29)15-6-3-4-7-16(15)27/h3-4,6-7,9-10,12-13,27H,5,8,11H2,1-2H3,(H,24,28)(H,25,29)/b19-13-. The summed E-state index contributed by atoms with van der Waals surface area (Å²) in [6.07, 6.45) is 2.13. The van der Waals surface area contributed by atoms with E-state index in [9.17, 15) is 19.5 Å². The molecule has 0 radical (unpaired) electrons. The van der Waals surface area contributed by atoms with Crippen LogP contribution in [0, 0.1) is 0 Å². The van der Waals surface area contributed by atoms with Crippen molar-refractivity contribution in [2.45, 2.75) is 12.8 Å². The minimum atomic E-state index is -0.635. The number of ether oxygens (including phenoxy) is 2. The molecule has 11 heteroatoms. The molecule has 0 atom stereocenters. The summed E-state index contributed by atoms with van der Waals surface area (Å²) in [5.74, 6) is -0.365. The Hall–Kier alpha value is -3.57. The summed E-state index contributed by atoms with van der Waals surface area (Å²) in [7, 11) is 3.08. The first kappa shape index (κ1) is 25.1. The maximum Gasteiger partial charge on any atom is 0.273 e. The smallest absolute Gasteiger partial charge is 0.273 e. The normalized spacial score (nSPS) is 14.3. The Morgan fingerprint density at radius 1 is 1.12 bits per heavy atom. The van der Waals surface area contributed by atoms with Gasteiger partial charge in [0.2, 0.25) is 5.91 Å². The molecule has 0 unspecified atom stereocenters. The summed E-state index contributed by atoms with van der Waals surface area (Å²) in [4.78, 5) is 38.8. The van der Waals surface area contributed by atoms with Gasteiger partial charge < -0.3 is 14.6 Å². The molecular weight excluding hydrogens is 478 g/mol. The maximum absolute atomic E-state index is 12.8. The van der Waals surface area contributed by atoms with Crippen molar-refractivity contribution in [2.24, 2.45) is 0 Å². The summed E-state index contributed by atoms with van der Waals surface area (Å²) in [6, 6.07) is 11.3. The van der Waals surface area contributed by atoms with Crippen LogP contribution in [-0.4, -0.2) is 52.8 Å². The van der Waals surface area contributed by atoms with Crippen LogP contribution >= 0.6 is 24.0 Å². The third-order valence-corrected chi connectivity index (χ3v) is 6.21. The summed E-state index contributed by atoms with van der Waals surface area (Å²) < 4.78 is 10.9. The molecule has 1 aliphatic rings. The van der Waals surface area contributed by atoms with Crippen molar-refractivity contribution in [3.63, 3.8) is 0 Å². The first-order chi connectivity index (χ1) is 16.3. The Bertz CT molecular complexity index is 1150. The van der Waals surface area contributed by atoms with E-state index in [0.29, 0.717) is 27.1 Å². The molecule has 178 valence electrons. The number of methoxy groups -OCH3 is 2. The van der Waals surface area contributed by atoms with Gasteiger partial charge in [0, 0.05) is 13.0 Å². The van der Waals surface area contributed by atoms with Gasteiger partial charge in [-0.1, -0.05) is 42.2 Å². The van der Waals surface area contributed by atoms with E-state index in [0.717, 1.165) is 5.56 Å². The lowest BCUT2D eigenvalue weighted by Crippen LogP contribution is -2.42. The first-order valence-corrected chi connectivity index (χ1v) is 11.4. The number of phenols is 1. The zero-order chi connectivity index (χ0) is 24.7. The van der Waals surface area contributed by atoms with Gasteiger partial charge in [-0.3, -0.25) is 30.1 Å². The predicted octanol–water partition coefficient (Wildman–Crippen LogP) is 2.85. The topological polar surface area (TPSA) is 117 Å². The molecule has 1 saturated heterocycles. The van der Waals surface area contributed by atoms with Gasteiger partial charge in [0.25, 0.3) is 11.8 Å². The number of amides is 3. The zero-order valence-electron chi connectivity index (χ0n) is 18.5. The predicted molar refractivity (Wildman–Crippen MR) is 132 cm³/mol. The molecule has 2 aromatic carbocycles. The van der Waals surface area contributed by atoms with Crippen molar-refractivity contribution in [1.82, 2.24) is 15.8 Å². The highest BCUT2D eigenvalue weighted by Gasteiger charge is 2.31. The number of para-hydroxylation sites is 1. The molecule has 9 nitrogen and oxygen atoms in total. The van der Waals surface area contributed by atoms with E-state index < -0.39 is 11.8 Å². The van der Waals surface area contributed by atoms with Crippen LogP contribution in [-0.2, 0) is 9.59 Å². The number of aromatic hydroxyl groups is 1. The molecule has 0 bridgehead atoms. The third-order valence-electron chi connectivity index (χ3n) is 4.83. The van der Waals surface area contributed by atoms with Gasteiger partial charge in [0.05, 0.1) is 24.7 Å². The van der Waals surface area contributed by atoms with Crippen molar-refractivity contribution >= 4 is 52.1 Å². The van der Waals surface area contributed by atoms with E-state index in [1.807, 2.05) is 6.07 Å². The molecule has 34 heavy (non-hydrogen) atoms. The van der Waals surface area contributed by atoms with Crippen LogP contribution in [0.3, 0.4) is 0 Å². The Kier molecular flexibility index (Phi) is 8.50. The van der Waals surface area contributed by atoms with E-state index in [1.165, 1.54) is 35.9 Å². The monoisotopic (exact) mass is 501 g/mol. The Morgan fingerprint density at radius 2 is 1.85 bits per heavy atom. The minimum absolute atomic E-state index is 0.0432. The largest absolute Gasteiger partial charge is 0.507 e. The van der Waals surface area contributed by atoms with Crippen LogP contribution < -0.4 is 20.3 Å². The summed E-state index contributed by atoms with van der Waals surface area (Å²) in [5.41, 5.74) is 5.35. The Labute approximate surface area is 206 Å². The molecule has 0 saturated carbocycles. The third kappa shape index (κ3) is 6.06. The van der Waals surface area contributed by atoms with Crippen LogP contribution in [0.15, 0.2) is 47.4 Å². The van der Waals surface area contributed by atoms with E-state index >= 15 is 0 Å². The summed E-state index contributed by atoms with van der Waals surface area (Å²) in [5, 5.41) is 9.68. The Morgan fingerprint density at radius 3 is 2.56 bits per heavy atom. The van der Waals surface area contributed by atoms with Gasteiger partial charge in [-0.2, -0.15) is 0 Å². The van der Waals surface area contributed by atoms with Crippen LogP contribution in [0.5, 0.6) is 17.2 Å². The number of nitrogens with one attached hydrogen (secondary N) is 2. The van der Waals surface area contributed by atoms with Gasteiger partial charge >= 0.3 is 0 Å². The molecule has 2 aromatic rings. The molecular formula is C23H23N3O6S2. The second kappa shape index (κ2) is 11.5. The fourth-order valence-electron chi connectivity index (χ4n) is 3.11. The molecule has 1 fully saturated rings. The minimum Gasteiger partial charge on any atom is -0.507 e. The number of hydrazine groups is 1. The zero-order valence-corrected chi connectivity index (χ0v) is 20.1. The number of benzene rings is 2. The highest BCUT2D eigenvalue weighted by atomic mass is 32.2. The second-order valence-electron chi connectivity index (χ2n) is 7.07. The van der Waals surface area contributed by atoms with Crippen molar-refractivity contribution in [3.05, 3.63) is 58.5 Å². The number of rotatable bonds is 8. The lowest BCUT2D eigenvalue weighted by molar-refractivity contribution is -0.124. The lowest BCUT2D eigenvalue weighted by atomic mass is 10.2. The van der Waals surface area contributed by atoms with Crippen molar-refractivity contribution < 1.29 is 29.0 Å². The highest BCUT2D eigenvalue weighted by Crippen LogP contribution is 2.34. The number of nitrogens with zero attached hydrogens (tertiary/aromatic N) is 1. The summed E-state index contributed by atoms with van der Waals surface area (Å²) >= 11 is 6.52. The number of carbonyl (C=O) groups excluding carboxylic acids is 3. The lowest BCUT2D eigenvalue weighted by Gasteiger charge is -2.14. The molecule has 0 aliphatic carbocycles. The molecule has 1 heterocycles. The SMILES string of the molecule is COc1ccc(/C=C2\SC(=S)N(CCCC(=O)NNC(=O)c3ccccc3O)C2=O)cc1OC. The van der Waals surface area contributed by atoms with Crippen LogP contribution in [0.2, 0.25) is 0 Å². The number of hydrogen-bond donors (Lipinski definition) is 3. The molecule has 0 aromatic heterocycles. The molecule has 3 rings (SSSR count).